The molecule has 0 bridgehead atoms. The number of ether oxygens (including phenoxy) is 1. The van der Waals surface area contributed by atoms with Gasteiger partial charge in [0.05, 0.1) is 11.9 Å². The molecular weight excluding hydrogens is 326 g/mol. The summed E-state index contributed by atoms with van der Waals surface area (Å²) in [5.74, 6) is 0.419. The lowest BCUT2D eigenvalue weighted by Gasteiger charge is -2.22. The van der Waals surface area contributed by atoms with Crippen molar-refractivity contribution in [3.63, 3.8) is 0 Å². The molecule has 6 nitrogen and oxygen atoms in total. The lowest BCUT2D eigenvalue weighted by Crippen LogP contribution is -2.14. The van der Waals surface area contributed by atoms with Crippen molar-refractivity contribution in [3.8, 4) is 12.1 Å². The van der Waals surface area contributed by atoms with Crippen molar-refractivity contribution in [1.29, 1.82) is 5.26 Å². The molecule has 0 saturated carbocycles. The van der Waals surface area contributed by atoms with Crippen molar-refractivity contribution in [2.75, 3.05) is 4.90 Å². The highest BCUT2D eigenvalue weighted by molar-refractivity contribution is 5.70. The van der Waals surface area contributed by atoms with Gasteiger partial charge in [-0.2, -0.15) is 10.2 Å². The molecule has 0 aliphatic rings. The molecule has 0 aliphatic heterocycles. The summed E-state index contributed by atoms with van der Waals surface area (Å²) in [5.41, 5.74) is 3.01. The van der Waals surface area contributed by atoms with Crippen molar-refractivity contribution in [3.05, 3.63) is 84.5 Å². The first kappa shape index (κ1) is 17.1. The molecule has 3 rings (SSSR count). The summed E-state index contributed by atoms with van der Waals surface area (Å²) >= 11 is 0. The average Bonchev–Trinajstić information content (AvgIpc) is 2.69. The third-order valence-corrected chi connectivity index (χ3v) is 3.73. The van der Waals surface area contributed by atoms with E-state index in [1.54, 1.807) is 17.3 Å². The third-order valence-electron chi connectivity index (χ3n) is 3.73. The summed E-state index contributed by atoms with van der Waals surface area (Å²) in [7, 11) is 0. The van der Waals surface area contributed by atoms with Gasteiger partial charge in [-0.05, 0) is 30.7 Å². The minimum absolute atomic E-state index is 0.171. The van der Waals surface area contributed by atoms with Crippen molar-refractivity contribution in [1.82, 2.24) is 15.0 Å². The first-order chi connectivity index (χ1) is 12.7. The molecule has 6 heteroatoms. The Bertz CT molecular complexity index is 950. The molecule has 0 fully saturated rings. The second-order valence-electron chi connectivity index (χ2n) is 5.45. The van der Waals surface area contributed by atoms with Crippen LogP contribution in [-0.2, 0) is 6.61 Å². The predicted molar refractivity (Wildman–Crippen MR) is 98.8 cm³/mol. The number of aryl methyl sites for hydroxylation is 1. The summed E-state index contributed by atoms with van der Waals surface area (Å²) in [6.07, 6.45) is 4.76. The van der Waals surface area contributed by atoms with E-state index < -0.39 is 0 Å². The number of anilines is 2. The van der Waals surface area contributed by atoms with Crippen LogP contribution in [0.4, 0.5) is 11.5 Å². The average molecular weight is 343 g/mol. The second-order valence-corrected chi connectivity index (χ2v) is 5.45. The van der Waals surface area contributed by atoms with Gasteiger partial charge in [-0.15, -0.1) is 0 Å². The van der Waals surface area contributed by atoms with E-state index in [0.29, 0.717) is 11.4 Å². The van der Waals surface area contributed by atoms with Crippen molar-refractivity contribution in [2.24, 2.45) is 0 Å². The molecule has 3 aromatic rings. The zero-order valence-corrected chi connectivity index (χ0v) is 14.3. The third kappa shape index (κ3) is 3.68. The molecule has 0 atom stereocenters. The van der Waals surface area contributed by atoms with Gasteiger partial charge in [-0.3, -0.25) is 4.98 Å². The summed E-state index contributed by atoms with van der Waals surface area (Å²) in [6.45, 7) is 6.08. The molecule has 128 valence electrons. The highest BCUT2D eigenvalue weighted by atomic mass is 16.5. The fraction of sp³-hybridized carbons (Fsp3) is 0.100. The zero-order valence-electron chi connectivity index (χ0n) is 14.3. The molecule has 0 aliphatic carbocycles. The fourth-order valence-corrected chi connectivity index (χ4v) is 2.44. The van der Waals surface area contributed by atoms with E-state index in [1.165, 1.54) is 6.20 Å². The first-order valence-corrected chi connectivity index (χ1v) is 8.00. The maximum absolute atomic E-state index is 9.44. The van der Waals surface area contributed by atoms with Crippen molar-refractivity contribution >= 4 is 11.5 Å². The molecule has 26 heavy (non-hydrogen) atoms. The van der Waals surface area contributed by atoms with E-state index in [0.717, 1.165) is 16.9 Å². The highest BCUT2D eigenvalue weighted by Crippen LogP contribution is 2.30. The molecule has 0 spiro atoms. The van der Waals surface area contributed by atoms with Crippen LogP contribution in [0.2, 0.25) is 0 Å². The Labute approximate surface area is 152 Å². The number of nitrogens with zero attached hydrogens (tertiary/aromatic N) is 5. The van der Waals surface area contributed by atoms with E-state index in [1.807, 2.05) is 49.4 Å². The maximum atomic E-state index is 9.44. The van der Waals surface area contributed by atoms with E-state index >= 15 is 0 Å². The standard InChI is InChI=1S/C20H17N5O/c1-3-25(18-10-5-4-8-15(18)2)19-16(12-21)13-23-20(24-19)26-14-17-9-6-7-11-22-17/h3-11,13H,1,14H2,2H3. The van der Waals surface area contributed by atoms with Crippen LogP contribution in [0.25, 0.3) is 0 Å². The normalized spacial score (nSPS) is 10.0. The van der Waals surface area contributed by atoms with Crippen LogP contribution >= 0.6 is 0 Å². The van der Waals surface area contributed by atoms with E-state index in [2.05, 4.69) is 27.6 Å². The van der Waals surface area contributed by atoms with Crippen LogP contribution in [0.1, 0.15) is 16.8 Å². The molecule has 2 aromatic heterocycles. The number of hydrogen-bond donors (Lipinski definition) is 0. The van der Waals surface area contributed by atoms with Crippen LogP contribution in [0.3, 0.4) is 0 Å². The number of para-hydroxylation sites is 1. The number of hydrogen-bond acceptors (Lipinski definition) is 6. The highest BCUT2D eigenvalue weighted by Gasteiger charge is 2.16. The fourth-order valence-electron chi connectivity index (χ4n) is 2.44. The number of nitriles is 1. The Balaban J connectivity index is 1.93. The topological polar surface area (TPSA) is 74.9 Å². The molecule has 1 aromatic carbocycles. The SMILES string of the molecule is C=CN(c1ccccc1C)c1nc(OCc2ccccn2)ncc1C#N. The van der Waals surface area contributed by atoms with E-state index in [-0.39, 0.29) is 12.6 Å². The molecule has 0 amide bonds. The van der Waals surface area contributed by atoms with Crippen LogP contribution in [-0.4, -0.2) is 15.0 Å². The minimum Gasteiger partial charge on any atom is -0.457 e. The molecule has 0 unspecified atom stereocenters. The van der Waals surface area contributed by atoms with Gasteiger partial charge in [-0.1, -0.05) is 30.8 Å². The molecule has 0 radical (unpaired) electrons. The lowest BCUT2D eigenvalue weighted by molar-refractivity contribution is 0.276. The van der Waals surface area contributed by atoms with Gasteiger partial charge in [0.2, 0.25) is 0 Å². The number of rotatable bonds is 6. The quantitative estimate of drug-likeness (QED) is 0.675. The molecular formula is C20H17N5O. The second kappa shape index (κ2) is 7.90. The van der Waals surface area contributed by atoms with Crippen LogP contribution in [0, 0.1) is 18.3 Å². The zero-order chi connectivity index (χ0) is 18.4. The van der Waals surface area contributed by atoms with Gasteiger partial charge >= 0.3 is 6.01 Å². The van der Waals surface area contributed by atoms with Crippen LogP contribution < -0.4 is 9.64 Å². The number of pyridine rings is 1. The number of aromatic nitrogens is 3. The molecule has 2 heterocycles. The van der Waals surface area contributed by atoms with Crippen LogP contribution in [0.15, 0.2) is 67.6 Å². The van der Waals surface area contributed by atoms with Gasteiger partial charge in [-0.25, -0.2) is 4.98 Å². The van der Waals surface area contributed by atoms with Crippen molar-refractivity contribution in [2.45, 2.75) is 13.5 Å². The Morgan fingerprint density at radius 2 is 2.00 bits per heavy atom. The lowest BCUT2D eigenvalue weighted by atomic mass is 10.1. The van der Waals surface area contributed by atoms with Gasteiger partial charge in [0, 0.05) is 18.1 Å². The maximum Gasteiger partial charge on any atom is 0.318 e. The van der Waals surface area contributed by atoms with E-state index in [4.69, 9.17) is 4.74 Å². The van der Waals surface area contributed by atoms with Crippen LogP contribution in [0.5, 0.6) is 6.01 Å². The molecule has 0 saturated heterocycles. The van der Waals surface area contributed by atoms with Gasteiger partial charge < -0.3 is 9.64 Å². The summed E-state index contributed by atoms with van der Waals surface area (Å²) in [4.78, 5) is 14.5. The van der Waals surface area contributed by atoms with Crippen molar-refractivity contribution < 1.29 is 4.74 Å². The Morgan fingerprint density at radius 3 is 2.69 bits per heavy atom. The first-order valence-electron chi connectivity index (χ1n) is 8.00. The summed E-state index contributed by atoms with van der Waals surface area (Å²) < 4.78 is 5.64. The van der Waals surface area contributed by atoms with Gasteiger partial charge in [0.25, 0.3) is 0 Å². The van der Waals surface area contributed by atoms with E-state index in [9.17, 15) is 5.26 Å². The van der Waals surface area contributed by atoms with Gasteiger partial charge in [0.1, 0.15) is 18.2 Å². The Kier molecular flexibility index (Phi) is 5.20. The minimum atomic E-state index is 0.171. The number of benzene rings is 1. The summed E-state index contributed by atoms with van der Waals surface area (Å²) in [5, 5.41) is 9.44. The van der Waals surface area contributed by atoms with Gasteiger partial charge in [0.15, 0.2) is 5.82 Å². The Morgan fingerprint density at radius 1 is 1.19 bits per heavy atom. The monoisotopic (exact) mass is 343 g/mol. The predicted octanol–water partition coefficient (Wildman–Crippen LogP) is 3.91. The smallest absolute Gasteiger partial charge is 0.318 e. The molecule has 0 N–H and O–H groups in total. The largest absolute Gasteiger partial charge is 0.457 e. The summed E-state index contributed by atoms with van der Waals surface area (Å²) in [6, 6.07) is 15.7. The Hall–Kier alpha value is -3.72.